The van der Waals surface area contributed by atoms with Crippen LogP contribution in [0.5, 0.6) is 0 Å². The lowest BCUT2D eigenvalue weighted by Crippen LogP contribution is -2.56. The van der Waals surface area contributed by atoms with Gasteiger partial charge in [0.05, 0.1) is 0 Å². The molecule has 19 heavy (non-hydrogen) atoms. The summed E-state index contributed by atoms with van der Waals surface area (Å²) in [6, 6.07) is 1.92. The Morgan fingerprint density at radius 1 is 1.26 bits per heavy atom. The molecule has 2 rings (SSSR count). The summed E-state index contributed by atoms with van der Waals surface area (Å²) in [6.45, 7) is 12.0. The second-order valence-corrected chi connectivity index (χ2v) is 5.95. The summed E-state index contributed by atoms with van der Waals surface area (Å²) >= 11 is 0. The second-order valence-electron chi connectivity index (χ2n) is 5.95. The third-order valence-corrected chi connectivity index (χ3v) is 3.84. The van der Waals surface area contributed by atoms with Crippen LogP contribution in [-0.4, -0.2) is 65.1 Å². The average molecular weight is 263 g/mol. The lowest BCUT2D eigenvalue weighted by Gasteiger charge is -2.43. The molecule has 0 bridgehead atoms. The summed E-state index contributed by atoms with van der Waals surface area (Å²) in [7, 11) is 2.19. The largest absolute Gasteiger partial charge is 0.368 e. The van der Waals surface area contributed by atoms with Crippen LogP contribution in [0, 0.1) is 6.92 Å². The topological polar surface area (TPSA) is 44.3 Å². The Morgan fingerprint density at radius 3 is 2.58 bits per heavy atom. The Labute approximate surface area is 116 Å². The third-order valence-electron chi connectivity index (χ3n) is 3.84. The van der Waals surface area contributed by atoms with Crippen molar-refractivity contribution in [1.29, 1.82) is 0 Å². The van der Waals surface area contributed by atoms with E-state index in [1.807, 2.05) is 13.0 Å². The Kier molecular flexibility index (Phi) is 4.37. The molecule has 2 heterocycles. The molecule has 106 valence electrons. The van der Waals surface area contributed by atoms with Gasteiger partial charge in [-0.25, -0.2) is 9.97 Å². The molecule has 5 nitrogen and oxygen atoms in total. The standard InChI is InChI=1S/C14H25N5/c1-12-15-6-5-13(17-12)16-11-14(2,3)19-9-7-18(4)8-10-19/h5-6H,7-11H2,1-4H3,(H,15,16,17). The minimum absolute atomic E-state index is 0.139. The van der Waals surface area contributed by atoms with E-state index in [1.54, 1.807) is 6.20 Å². The molecule has 1 saturated heterocycles. The minimum Gasteiger partial charge on any atom is -0.368 e. The van der Waals surface area contributed by atoms with Crippen molar-refractivity contribution in [3.63, 3.8) is 0 Å². The number of hydrogen-bond acceptors (Lipinski definition) is 5. The quantitative estimate of drug-likeness (QED) is 0.885. The second kappa shape index (κ2) is 5.84. The molecule has 1 aliphatic heterocycles. The molecule has 5 heteroatoms. The number of nitrogens with one attached hydrogen (secondary N) is 1. The van der Waals surface area contributed by atoms with Crippen molar-refractivity contribution >= 4 is 5.82 Å². The molecule has 1 aliphatic rings. The van der Waals surface area contributed by atoms with Crippen molar-refractivity contribution in [2.24, 2.45) is 0 Å². The molecule has 0 amide bonds. The van der Waals surface area contributed by atoms with Crippen molar-refractivity contribution in [2.45, 2.75) is 26.3 Å². The lowest BCUT2D eigenvalue weighted by atomic mass is 10.0. The highest BCUT2D eigenvalue weighted by Crippen LogP contribution is 2.17. The van der Waals surface area contributed by atoms with Crippen molar-refractivity contribution in [2.75, 3.05) is 45.1 Å². The number of aromatic nitrogens is 2. The third kappa shape index (κ3) is 3.88. The van der Waals surface area contributed by atoms with Crippen LogP contribution in [0.4, 0.5) is 5.82 Å². The summed E-state index contributed by atoms with van der Waals surface area (Å²) in [5.41, 5.74) is 0.139. The van der Waals surface area contributed by atoms with Crippen LogP contribution in [0.25, 0.3) is 0 Å². The molecule has 1 aromatic heterocycles. The van der Waals surface area contributed by atoms with Crippen LogP contribution in [0.15, 0.2) is 12.3 Å². The normalized spacial score (nSPS) is 18.5. The van der Waals surface area contributed by atoms with Crippen LogP contribution in [0.1, 0.15) is 19.7 Å². The van der Waals surface area contributed by atoms with Crippen LogP contribution in [0.2, 0.25) is 0 Å². The van der Waals surface area contributed by atoms with Crippen molar-refractivity contribution < 1.29 is 0 Å². The van der Waals surface area contributed by atoms with Crippen LogP contribution < -0.4 is 5.32 Å². The summed E-state index contributed by atoms with van der Waals surface area (Å²) in [5, 5.41) is 3.43. The van der Waals surface area contributed by atoms with Gasteiger partial charge in [0.15, 0.2) is 0 Å². The van der Waals surface area contributed by atoms with Gasteiger partial charge >= 0.3 is 0 Å². The molecule has 0 unspecified atom stereocenters. The first-order valence-electron chi connectivity index (χ1n) is 6.94. The van der Waals surface area contributed by atoms with Gasteiger partial charge in [-0.05, 0) is 33.9 Å². The molecule has 0 aliphatic carbocycles. The van der Waals surface area contributed by atoms with Gasteiger partial charge in [-0.3, -0.25) is 4.90 Å². The lowest BCUT2D eigenvalue weighted by molar-refractivity contribution is 0.0698. The Balaban J connectivity index is 1.90. The molecule has 0 radical (unpaired) electrons. The maximum absolute atomic E-state index is 4.38. The summed E-state index contributed by atoms with van der Waals surface area (Å²) < 4.78 is 0. The molecular weight excluding hydrogens is 238 g/mol. The zero-order chi connectivity index (χ0) is 13.9. The van der Waals surface area contributed by atoms with Crippen LogP contribution in [0.3, 0.4) is 0 Å². The monoisotopic (exact) mass is 263 g/mol. The predicted octanol–water partition coefficient (Wildman–Crippen LogP) is 1.22. The summed E-state index contributed by atoms with van der Waals surface area (Å²) in [6.07, 6.45) is 1.80. The van der Waals surface area contributed by atoms with Crippen LogP contribution in [-0.2, 0) is 0 Å². The Bertz CT molecular complexity index is 410. The van der Waals surface area contributed by atoms with E-state index in [0.717, 1.165) is 44.4 Å². The van der Waals surface area contributed by atoms with Gasteiger partial charge in [-0.1, -0.05) is 0 Å². The molecular formula is C14H25N5. The van der Waals surface area contributed by atoms with Gasteiger partial charge in [0.2, 0.25) is 0 Å². The number of aryl methyl sites for hydroxylation is 1. The molecule has 0 spiro atoms. The fourth-order valence-corrected chi connectivity index (χ4v) is 2.39. The number of hydrogen-bond donors (Lipinski definition) is 1. The Hall–Kier alpha value is -1.20. The van der Waals surface area contributed by atoms with E-state index in [2.05, 4.69) is 46.0 Å². The zero-order valence-electron chi connectivity index (χ0n) is 12.5. The first-order chi connectivity index (χ1) is 8.97. The van der Waals surface area contributed by atoms with Gasteiger partial charge in [0, 0.05) is 44.5 Å². The number of likely N-dealkylation sites (N-methyl/N-ethyl adjacent to an activating group) is 1. The van der Waals surface area contributed by atoms with E-state index in [1.165, 1.54) is 0 Å². The predicted molar refractivity (Wildman–Crippen MR) is 78.4 cm³/mol. The fraction of sp³-hybridized carbons (Fsp3) is 0.714. The molecule has 1 aromatic rings. The molecule has 0 aromatic carbocycles. The van der Waals surface area contributed by atoms with E-state index >= 15 is 0 Å². The highest BCUT2D eigenvalue weighted by atomic mass is 15.3. The molecule has 1 N–H and O–H groups in total. The molecule has 0 atom stereocenters. The fourth-order valence-electron chi connectivity index (χ4n) is 2.39. The van der Waals surface area contributed by atoms with E-state index in [0.29, 0.717) is 0 Å². The number of anilines is 1. The van der Waals surface area contributed by atoms with Gasteiger partial charge in [0.25, 0.3) is 0 Å². The molecule has 0 saturated carbocycles. The van der Waals surface area contributed by atoms with E-state index < -0.39 is 0 Å². The summed E-state index contributed by atoms with van der Waals surface area (Å²) in [5.74, 6) is 1.72. The number of piperazine rings is 1. The highest BCUT2D eigenvalue weighted by Gasteiger charge is 2.28. The van der Waals surface area contributed by atoms with Gasteiger partial charge in [-0.2, -0.15) is 0 Å². The van der Waals surface area contributed by atoms with Crippen molar-refractivity contribution in [3.8, 4) is 0 Å². The number of rotatable bonds is 4. The Morgan fingerprint density at radius 2 is 1.95 bits per heavy atom. The van der Waals surface area contributed by atoms with Crippen molar-refractivity contribution in [1.82, 2.24) is 19.8 Å². The minimum atomic E-state index is 0.139. The SMILES string of the molecule is Cc1nccc(NCC(C)(C)N2CCN(C)CC2)n1. The van der Waals surface area contributed by atoms with Crippen LogP contribution >= 0.6 is 0 Å². The van der Waals surface area contributed by atoms with E-state index in [9.17, 15) is 0 Å². The molecule has 1 fully saturated rings. The van der Waals surface area contributed by atoms with E-state index in [-0.39, 0.29) is 5.54 Å². The van der Waals surface area contributed by atoms with Gasteiger partial charge in [0.1, 0.15) is 11.6 Å². The maximum atomic E-state index is 4.38. The zero-order valence-corrected chi connectivity index (χ0v) is 12.5. The first-order valence-corrected chi connectivity index (χ1v) is 6.94. The van der Waals surface area contributed by atoms with E-state index in [4.69, 9.17) is 0 Å². The number of nitrogens with zero attached hydrogens (tertiary/aromatic N) is 4. The van der Waals surface area contributed by atoms with Crippen molar-refractivity contribution in [3.05, 3.63) is 18.1 Å². The average Bonchev–Trinajstić information content (AvgIpc) is 2.37. The summed E-state index contributed by atoms with van der Waals surface area (Å²) in [4.78, 5) is 13.4. The van der Waals surface area contributed by atoms with Gasteiger partial charge in [-0.15, -0.1) is 0 Å². The van der Waals surface area contributed by atoms with Gasteiger partial charge < -0.3 is 10.2 Å². The first kappa shape index (κ1) is 14.2. The smallest absolute Gasteiger partial charge is 0.129 e. The highest BCUT2D eigenvalue weighted by molar-refractivity contribution is 5.33. The maximum Gasteiger partial charge on any atom is 0.129 e.